The molecule has 0 aromatic carbocycles. The van der Waals surface area contributed by atoms with Crippen molar-refractivity contribution in [3.63, 3.8) is 0 Å². The standard InChI is InChI=1S/C12H28N2/c1-7-10-13-11(4)12(8-2,9-3)14(5)6/h11,13H,7-10H2,1-6H3. The Morgan fingerprint density at radius 2 is 1.64 bits per heavy atom. The number of hydrogen-bond acceptors (Lipinski definition) is 2. The summed E-state index contributed by atoms with van der Waals surface area (Å²) in [6.07, 6.45) is 3.62. The molecule has 0 aromatic heterocycles. The number of hydrogen-bond donors (Lipinski definition) is 1. The van der Waals surface area contributed by atoms with Crippen LogP contribution < -0.4 is 5.32 Å². The molecule has 0 amide bonds. The Bertz CT molecular complexity index is 139. The third kappa shape index (κ3) is 2.96. The molecule has 0 aromatic rings. The van der Waals surface area contributed by atoms with E-state index < -0.39 is 0 Å². The Kier molecular flexibility index (Phi) is 6.38. The second-order valence-corrected chi connectivity index (χ2v) is 4.38. The van der Waals surface area contributed by atoms with Crippen molar-refractivity contribution in [1.82, 2.24) is 10.2 Å². The van der Waals surface area contributed by atoms with Crippen LogP contribution in [0.1, 0.15) is 47.0 Å². The highest BCUT2D eigenvalue weighted by molar-refractivity contribution is 4.94. The molecule has 0 radical (unpaired) electrons. The minimum absolute atomic E-state index is 0.315. The van der Waals surface area contributed by atoms with Gasteiger partial charge in [0.15, 0.2) is 0 Å². The second kappa shape index (κ2) is 6.41. The Morgan fingerprint density at radius 3 is 1.93 bits per heavy atom. The summed E-state index contributed by atoms with van der Waals surface area (Å²) in [5, 5.41) is 3.61. The lowest BCUT2D eigenvalue weighted by atomic mass is 9.84. The van der Waals surface area contributed by atoms with Crippen LogP contribution in [0.15, 0.2) is 0 Å². The predicted molar refractivity (Wildman–Crippen MR) is 64.8 cm³/mol. The van der Waals surface area contributed by atoms with Gasteiger partial charge in [-0.05, 0) is 46.8 Å². The molecule has 14 heavy (non-hydrogen) atoms. The smallest absolute Gasteiger partial charge is 0.0348 e. The van der Waals surface area contributed by atoms with E-state index in [-0.39, 0.29) is 0 Å². The third-order valence-electron chi connectivity index (χ3n) is 3.62. The van der Waals surface area contributed by atoms with Crippen LogP contribution in [-0.2, 0) is 0 Å². The summed E-state index contributed by atoms with van der Waals surface area (Å²) in [5.74, 6) is 0. The molecule has 2 heteroatoms. The molecule has 0 fully saturated rings. The maximum absolute atomic E-state index is 3.61. The molecular weight excluding hydrogens is 172 g/mol. The average Bonchev–Trinajstić information content (AvgIpc) is 2.17. The number of likely N-dealkylation sites (N-methyl/N-ethyl adjacent to an activating group) is 1. The molecule has 0 aliphatic heterocycles. The van der Waals surface area contributed by atoms with Crippen molar-refractivity contribution >= 4 is 0 Å². The van der Waals surface area contributed by atoms with Crippen LogP contribution >= 0.6 is 0 Å². The normalized spacial score (nSPS) is 14.8. The van der Waals surface area contributed by atoms with E-state index in [2.05, 4.69) is 52.0 Å². The van der Waals surface area contributed by atoms with E-state index in [4.69, 9.17) is 0 Å². The van der Waals surface area contributed by atoms with Crippen molar-refractivity contribution in [2.75, 3.05) is 20.6 Å². The van der Waals surface area contributed by atoms with Gasteiger partial charge in [-0.25, -0.2) is 0 Å². The van der Waals surface area contributed by atoms with Crippen molar-refractivity contribution in [1.29, 1.82) is 0 Å². The Balaban J connectivity index is 4.45. The van der Waals surface area contributed by atoms with Crippen molar-refractivity contribution in [3.05, 3.63) is 0 Å². The molecule has 1 unspecified atom stereocenters. The SMILES string of the molecule is CCCNC(C)C(CC)(CC)N(C)C. The van der Waals surface area contributed by atoms with Crippen molar-refractivity contribution < 1.29 is 0 Å². The summed E-state index contributed by atoms with van der Waals surface area (Å²) in [6.45, 7) is 10.2. The summed E-state index contributed by atoms with van der Waals surface area (Å²) in [5.41, 5.74) is 0.315. The van der Waals surface area contributed by atoms with Gasteiger partial charge < -0.3 is 10.2 Å². The molecule has 0 aliphatic carbocycles. The van der Waals surface area contributed by atoms with Crippen molar-refractivity contribution in [3.8, 4) is 0 Å². The van der Waals surface area contributed by atoms with E-state index in [9.17, 15) is 0 Å². The molecule has 0 bridgehead atoms. The Hall–Kier alpha value is -0.0800. The third-order valence-corrected chi connectivity index (χ3v) is 3.62. The fourth-order valence-electron chi connectivity index (χ4n) is 2.43. The lowest BCUT2D eigenvalue weighted by Crippen LogP contribution is -2.57. The quantitative estimate of drug-likeness (QED) is 0.679. The van der Waals surface area contributed by atoms with Crippen LogP contribution in [0.3, 0.4) is 0 Å². The second-order valence-electron chi connectivity index (χ2n) is 4.38. The monoisotopic (exact) mass is 200 g/mol. The minimum Gasteiger partial charge on any atom is -0.312 e. The summed E-state index contributed by atoms with van der Waals surface area (Å²) >= 11 is 0. The first-order chi connectivity index (χ1) is 6.55. The van der Waals surface area contributed by atoms with Crippen LogP contribution in [0.2, 0.25) is 0 Å². The topological polar surface area (TPSA) is 15.3 Å². The molecule has 86 valence electrons. The summed E-state index contributed by atoms with van der Waals surface area (Å²) in [4.78, 5) is 2.38. The fourth-order valence-corrected chi connectivity index (χ4v) is 2.43. The van der Waals surface area contributed by atoms with Gasteiger partial charge in [0.1, 0.15) is 0 Å². The van der Waals surface area contributed by atoms with Crippen LogP contribution in [-0.4, -0.2) is 37.1 Å². The van der Waals surface area contributed by atoms with Gasteiger partial charge in [-0.3, -0.25) is 0 Å². The molecule has 0 rings (SSSR count). The van der Waals surface area contributed by atoms with E-state index in [0.717, 1.165) is 6.54 Å². The molecule has 0 saturated heterocycles. The van der Waals surface area contributed by atoms with Gasteiger partial charge in [0.05, 0.1) is 0 Å². The Morgan fingerprint density at radius 1 is 1.14 bits per heavy atom. The lowest BCUT2D eigenvalue weighted by molar-refractivity contribution is 0.0961. The summed E-state index contributed by atoms with van der Waals surface area (Å²) in [6, 6.07) is 0.562. The number of rotatable bonds is 7. The van der Waals surface area contributed by atoms with Crippen molar-refractivity contribution in [2.24, 2.45) is 0 Å². The molecule has 0 heterocycles. The highest BCUT2D eigenvalue weighted by Crippen LogP contribution is 2.25. The first-order valence-electron chi connectivity index (χ1n) is 5.95. The van der Waals surface area contributed by atoms with Gasteiger partial charge in [0.2, 0.25) is 0 Å². The van der Waals surface area contributed by atoms with E-state index in [0.29, 0.717) is 11.6 Å². The van der Waals surface area contributed by atoms with Gasteiger partial charge in [0, 0.05) is 11.6 Å². The van der Waals surface area contributed by atoms with Crippen LogP contribution in [0.4, 0.5) is 0 Å². The Labute approximate surface area is 90.1 Å². The first-order valence-corrected chi connectivity index (χ1v) is 5.95. The zero-order chi connectivity index (χ0) is 11.2. The molecule has 0 saturated carbocycles. The van der Waals surface area contributed by atoms with E-state index in [1.54, 1.807) is 0 Å². The highest BCUT2D eigenvalue weighted by atomic mass is 15.2. The maximum Gasteiger partial charge on any atom is 0.0348 e. The molecular formula is C12H28N2. The zero-order valence-electron chi connectivity index (χ0n) is 10.9. The van der Waals surface area contributed by atoms with E-state index in [1.165, 1.54) is 19.3 Å². The number of nitrogens with one attached hydrogen (secondary N) is 1. The van der Waals surface area contributed by atoms with Gasteiger partial charge in [-0.15, -0.1) is 0 Å². The predicted octanol–water partition coefficient (Wildman–Crippen LogP) is 2.49. The minimum atomic E-state index is 0.315. The molecule has 0 aliphatic rings. The van der Waals surface area contributed by atoms with Crippen LogP contribution in [0.25, 0.3) is 0 Å². The fraction of sp³-hybridized carbons (Fsp3) is 1.00. The summed E-state index contributed by atoms with van der Waals surface area (Å²) in [7, 11) is 4.38. The molecule has 1 atom stereocenters. The zero-order valence-corrected chi connectivity index (χ0v) is 10.9. The van der Waals surface area contributed by atoms with Crippen LogP contribution in [0, 0.1) is 0 Å². The summed E-state index contributed by atoms with van der Waals surface area (Å²) < 4.78 is 0. The molecule has 0 spiro atoms. The molecule has 2 nitrogen and oxygen atoms in total. The number of nitrogens with zero attached hydrogens (tertiary/aromatic N) is 1. The molecule has 1 N–H and O–H groups in total. The van der Waals surface area contributed by atoms with E-state index >= 15 is 0 Å². The van der Waals surface area contributed by atoms with Gasteiger partial charge in [-0.1, -0.05) is 20.8 Å². The van der Waals surface area contributed by atoms with E-state index in [1.807, 2.05) is 0 Å². The maximum atomic E-state index is 3.61. The highest BCUT2D eigenvalue weighted by Gasteiger charge is 2.34. The van der Waals surface area contributed by atoms with Crippen LogP contribution in [0.5, 0.6) is 0 Å². The lowest BCUT2D eigenvalue weighted by Gasteiger charge is -2.44. The average molecular weight is 200 g/mol. The first kappa shape index (κ1) is 13.9. The largest absolute Gasteiger partial charge is 0.312 e. The van der Waals surface area contributed by atoms with Crippen molar-refractivity contribution in [2.45, 2.75) is 58.5 Å². The van der Waals surface area contributed by atoms with Gasteiger partial charge >= 0.3 is 0 Å². The van der Waals surface area contributed by atoms with Gasteiger partial charge in [-0.2, -0.15) is 0 Å². The van der Waals surface area contributed by atoms with Gasteiger partial charge in [0.25, 0.3) is 0 Å².